The van der Waals surface area contributed by atoms with Gasteiger partial charge in [-0.05, 0) is 44.9 Å². The summed E-state index contributed by atoms with van der Waals surface area (Å²) in [5.41, 5.74) is 2.56. The molecule has 1 aromatic heterocycles. The first-order valence-electron chi connectivity index (χ1n) is 9.24. The average molecular weight is 367 g/mol. The number of nitrogens with zero attached hydrogens (tertiary/aromatic N) is 2. The van der Waals surface area contributed by atoms with E-state index in [2.05, 4.69) is 10.4 Å². The van der Waals surface area contributed by atoms with Crippen LogP contribution in [0, 0.1) is 0 Å². The molecule has 138 valence electrons. The Morgan fingerprint density at radius 1 is 1.24 bits per heavy atom. The molecule has 1 N–H and O–H groups in total. The third kappa shape index (κ3) is 3.46. The minimum Gasteiger partial charge on any atom is -0.376 e. The number of aromatic nitrogens is 2. The van der Waals surface area contributed by atoms with Gasteiger partial charge in [-0.2, -0.15) is 5.10 Å². The number of amides is 1. The Morgan fingerprint density at radius 2 is 2.08 bits per heavy atom. The van der Waals surface area contributed by atoms with E-state index >= 15 is 0 Å². The van der Waals surface area contributed by atoms with Gasteiger partial charge in [-0.3, -0.25) is 9.48 Å². The van der Waals surface area contributed by atoms with Crippen molar-refractivity contribution in [2.24, 2.45) is 0 Å². The molecule has 1 aromatic rings. The predicted octanol–water partition coefficient (Wildman–Crippen LogP) is 1.03. The third-order valence-corrected chi connectivity index (χ3v) is 7.24. The first-order valence-corrected chi connectivity index (χ1v) is 11.1. The molecule has 8 heteroatoms. The lowest BCUT2D eigenvalue weighted by Gasteiger charge is -2.17. The Bertz CT molecular complexity index is 765. The fourth-order valence-electron chi connectivity index (χ4n) is 4.17. The number of sulfone groups is 1. The molecule has 2 saturated heterocycles. The largest absolute Gasteiger partial charge is 0.376 e. The highest BCUT2D eigenvalue weighted by Crippen LogP contribution is 2.31. The fourth-order valence-corrected chi connectivity index (χ4v) is 5.87. The van der Waals surface area contributed by atoms with E-state index in [1.165, 1.54) is 0 Å². The molecule has 1 aliphatic carbocycles. The van der Waals surface area contributed by atoms with Crippen LogP contribution < -0.4 is 5.32 Å². The molecule has 0 bridgehead atoms. The van der Waals surface area contributed by atoms with E-state index in [1.54, 1.807) is 0 Å². The number of carbonyl (C=O) groups excluding carboxylic acids is 1. The lowest BCUT2D eigenvalue weighted by atomic mass is 9.95. The molecule has 3 heterocycles. The van der Waals surface area contributed by atoms with Crippen LogP contribution in [-0.4, -0.2) is 54.9 Å². The Kier molecular flexibility index (Phi) is 4.58. The van der Waals surface area contributed by atoms with Crippen molar-refractivity contribution in [1.29, 1.82) is 0 Å². The van der Waals surface area contributed by atoms with Gasteiger partial charge in [0, 0.05) is 24.4 Å². The summed E-state index contributed by atoms with van der Waals surface area (Å²) in [7, 11) is -2.98. The molecule has 0 saturated carbocycles. The van der Waals surface area contributed by atoms with Crippen molar-refractivity contribution in [2.45, 2.75) is 57.1 Å². The van der Waals surface area contributed by atoms with E-state index < -0.39 is 9.84 Å². The second-order valence-electron chi connectivity index (χ2n) is 7.33. The summed E-state index contributed by atoms with van der Waals surface area (Å²) >= 11 is 0. The second-order valence-corrected chi connectivity index (χ2v) is 9.56. The molecule has 2 fully saturated rings. The van der Waals surface area contributed by atoms with Crippen molar-refractivity contribution in [3.63, 3.8) is 0 Å². The van der Waals surface area contributed by atoms with Gasteiger partial charge in [0.05, 0.1) is 23.7 Å². The highest BCUT2D eigenvalue weighted by atomic mass is 32.2. The van der Waals surface area contributed by atoms with Gasteiger partial charge in [0.1, 0.15) is 0 Å². The topological polar surface area (TPSA) is 90.3 Å². The Balaban J connectivity index is 1.56. The molecular weight excluding hydrogens is 342 g/mol. The van der Waals surface area contributed by atoms with Gasteiger partial charge in [0.25, 0.3) is 5.91 Å². The first-order chi connectivity index (χ1) is 12.0. The van der Waals surface area contributed by atoms with E-state index in [9.17, 15) is 13.2 Å². The minimum absolute atomic E-state index is 0.0989. The number of rotatable bonds is 4. The molecule has 2 atom stereocenters. The van der Waals surface area contributed by atoms with Crippen molar-refractivity contribution in [2.75, 3.05) is 24.7 Å². The van der Waals surface area contributed by atoms with Crippen molar-refractivity contribution in [3.05, 3.63) is 17.0 Å². The van der Waals surface area contributed by atoms with Crippen LogP contribution in [0.5, 0.6) is 0 Å². The maximum Gasteiger partial charge on any atom is 0.272 e. The van der Waals surface area contributed by atoms with Crippen LogP contribution in [0.1, 0.15) is 59.9 Å². The van der Waals surface area contributed by atoms with Crippen LogP contribution in [-0.2, 0) is 27.4 Å². The van der Waals surface area contributed by atoms with E-state index in [-0.39, 0.29) is 29.6 Å². The van der Waals surface area contributed by atoms with Gasteiger partial charge in [0.2, 0.25) is 0 Å². The van der Waals surface area contributed by atoms with Crippen molar-refractivity contribution < 1.29 is 17.9 Å². The highest BCUT2D eigenvalue weighted by Gasteiger charge is 2.34. The van der Waals surface area contributed by atoms with Gasteiger partial charge in [-0.1, -0.05) is 0 Å². The zero-order valence-electron chi connectivity index (χ0n) is 14.4. The van der Waals surface area contributed by atoms with E-state index in [0.717, 1.165) is 56.4 Å². The summed E-state index contributed by atoms with van der Waals surface area (Å²) in [6.07, 6.45) is 6.54. The van der Waals surface area contributed by atoms with Crippen LogP contribution in [0.4, 0.5) is 0 Å². The maximum atomic E-state index is 12.7. The normalized spacial score (nSPS) is 28.0. The van der Waals surface area contributed by atoms with E-state index in [4.69, 9.17) is 4.74 Å². The standard InChI is InChI=1S/C17H25N3O4S/c21-17(18-10-13-4-3-8-24-13)16-14-5-1-2-6-15(14)20(19-16)12-7-9-25(22,23)11-12/h12-13H,1-11H2,(H,18,21)/t12-,13+/m0/s1. The van der Waals surface area contributed by atoms with Crippen molar-refractivity contribution in [1.82, 2.24) is 15.1 Å². The summed E-state index contributed by atoms with van der Waals surface area (Å²) in [5.74, 6) is 0.193. The molecule has 3 aliphatic rings. The zero-order valence-corrected chi connectivity index (χ0v) is 15.2. The zero-order chi connectivity index (χ0) is 17.4. The number of fused-ring (bicyclic) bond motifs is 1. The molecule has 0 unspecified atom stereocenters. The molecule has 0 spiro atoms. The number of carbonyl (C=O) groups is 1. The Labute approximate surface area is 148 Å². The van der Waals surface area contributed by atoms with Crippen LogP contribution in [0.15, 0.2) is 0 Å². The number of hydrogen-bond donors (Lipinski definition) is 1. The minimum atomic E-state index is -2.98. The first kappa shape index (κ1) is 17.0. The lowest BCUT2D eigenvalue weighted by Crippen LogP contribution is -2.32. The monoisotopic (exact) mass is 367 g/mol. The smallest absolute Gasteiger partial charge is 0.272 e. The van der Waals surface area contributed by atoms with Crippen LogP contribution >= 0.6 is 0 Å². The fraction of sp³-hybridized carbons (Fsp3) is 0.765. The van der Waals surface area contributed by atoms with Crippen LogP contribution in [0.3, 0.4) is 0 Å². The molecule has 25 heavy (non-hydrogen) atoms. The van der Waals surface area contributed by atoms with Crippen LogP contribution in [0.25, 0.3) is 0 Å². The van der Waals surface area contributed by atoms with Gasteiger partial charge in [-0.15, -0.1) is 0 Å². The third-order valence-electron chi connectivity index (χ3n) is 5.49. The lowest BCUT2D eigenvalue weighted by molar-refractivity contribution is 0.0852. The summed E-state index contributed by atoms with van der Waals surface area (Å²) in [5, 5.41) is 7.54. The van der Waals surface area contributed by atoms with Gasteiger partial charge in [-0.25, -0.2) is 8.42 Å². The van der Waals surface area contributed by atoms with E-state index in [1.807, 2.05) is 4.68 Å². The molecule has 4 rings (SSSR count). The van der Waals surface area contributed by atoms with Gasteiger partial charge < -0.3 is 10.1 Å². The SMILES string of the molecule is O=C(NC[C@H]1CCCO1)c1nn([C@H]2CCS(=O)(=O)C2)c2c1CCCC2. The predicted molar refractivity (Wildman–Crippen MR) is 92.5 cm³/mol. The second kappa shape index (κ2) is 6.72. The molecule has 7 nitrogen and oxygen atoms in total. The summed E-state index contributed by atoms with van der Waals surface area (Å²) < 4.78 is 31.1. The number of nitrogens with one attached hydrogen (secondary N) is 1. The van der Waals surface area contributed by atoms with Crippen LogP contribution in [0.2, 0.25) is 0 Å². The molecule has 0 radical (unpaired) electrons. The molecule has 1 amide bonds. The number of ether oxygens (including phenoxy) is 1. The number of hydrogen-bond acceptors (Lipinski definition) is 5. The van der Waals surface area contributed by atoms with E-state index in [0.29, 0.717) is 18.7 Å². The highest BCUT2D eigenvalue weighted by molar-refractivity contribution is 7.91. The van der Waals surface area contributed by atoms with Gasteiger partial charge in [0.15, 0.2) is 15.5 Å². The Morgan fingerprint density at radius 3 is 2.80 bits per heavy atom. The molecule has 0 aromatic carbocycles. The molecular formula is C17H25N3O4S. The quantitative estimate of drug-likeness (QED) is 0.858. The summed E-state index contributed by atoms with van der Waals surface area (Å²) in [6, 6.07) is -0.128. The average Bonchev–Trinajstić information content (AvgIpc) is 3.30. The summed E-state index contributed by atoms with van der Waals surface area (Å²) in [6.45, 7) is 1.28. The van der Waals surface area contributed by atoms with Crippen molar-refractivity contribution >= 4 is 15.7 Å². The van der Waals surface area contributed by atoms with Crippen molar-refractivity contribution in [3.8, 4) is 0 Å². The molecule has 2 aliphatic heterocycles. The summed E-state index contributed by atoms with van der Waals surface area (Å²) in [4.78, 5) is 12.7. The Hall–Kier alpha value is -1.41. The maximum absolute atomic E-state index is 12.7. The van der Waals surface area contributed by atoms with Gasteiger partial charge >= 0.3 is 0 Å².